The van der Waals surface area contributed by atoms with Crippen LogP contribution in [-0.2, 0) is 16.0 Å². The van der Waals surface area contributed by atoms with Gasteiger partial charge in [0.15, 0.2) is 11.5 Å². The van der Waals surface area contributed by atoms with Gasteiger partial charge in [-0.3, -0.25) is 4.79 Å². The summed E-state index contributed by atoms with van der Waals surface area (Å²) < 4.78 is 16.5. The third kappa shape index (κ3) is 6.20. The summed E-state index contributed by atoms with van der Waals surface area (Å²) in [5, 5.41) is 10.8. The molecule has 0 aliphatic carbocycles. The quantitative estimate of drug-likeness (QED) is 0.440. The topological polar surface area (TPSA) is 85.3 Å². The number of aryl methyl sites for hydroxylation is 1. The van der Waals surface area contributed by atoms with E-state index in [0.29, 0.717) is 49.5 Å². The molecular weight excluding hydrogens is 470 g/mol. The largest absolute Gasteiger partial charge is 0.493 e. The summed E-state index contributed by atoms with van der Waals surface area (Å²) in [4.78, 5) is 28.5. The Labute approximate surface area is 220 Å². The molecule has 1 saturated heterocycles. The van der Waals surface area contributed by atoms with Gasteiger partial charge in [0.2, 0.25) is 11.7 Å². The molecule has 2 atom stereocenters. The standard InChI is InChI=1S/C30H41NO6/c1-29(2,3)20-26(32)31-17-11-10-16-30(31,28(33)34)23(22-12-8-7-9-13-22)15-14-21-18-24(35-4)27(37-6)25(19-21)36-5/h7-9,12-13,18-19,23H,10-11,14-17,20H2,1-6H3,(H,33,34)/t23-,30?/m1/s1. The number of rotatable bonds is 10. The molecule has 0 saturated carbocycles. The van der Waals surface area contributed by atoms with Crippen LogP contribution in [0.5, 0.6) is 17.2 Å². The summed E-state index contributed by atoms with van der Waals surface area (Å²) in [5.74, 6) is 0.203. The molecule has 0 aromatic heterocycles. The predicted molar refractivity (Wildman–Crippen MR) is 144 cm³/mol. The number of nitrogens with zero attached hydrogens (tertiary/aromatic N) is 1. The minimum Gasteiger partial charge on any atom is -0.493 e. The third-order valence-corrected chi connectivity index (χ3v) is 7.25. The van der Waals surface area contributed by atoms with Crippen LogP contribution >= 0.6 is 0 Å². The molecule has 37 heavy (non-hydrogen) atoms. The van der Waals surface area contributed by atoms with E-state index in [-0.39, 0.29) is 11.3 Å². The van der Waals surface area contributed by atoms with Crippen molar-refractivity contribution in [1.82, 2.24) is 4.90 Å². The zero-order valence-corrected chi connectivity index (χ0v) is 23.0. The molecule has 1 aliphatic heterocycles. The van der Waals surface area contributed by atoms with Gasteiger partial charge in [-0.15, -0.1) is 0 Å². The fraction of sp³-hybridized carbons (Fsp3) is 0.533. The third-order valence-electron chi connectivity index (χ3n) is 7.25. The van der Waals surface area contributed by atoms with E-state index < -0.39 is 17.4 Å². The van der Waals surface area contributed by atoms with Crippen LogP contribution in [0.1, 0.15) is 69.9 Å². The Morgan fingerprint density at radius 2 is 1.62 bits per heavy atom. The number of carboxylic acid groups (broad SMARTS) is 1. The van der Waals surface area contributed by atoms with Crippen molar-refractivity contribution < 1.29 is 28.9 Å². The smallest absolute Gasteiger partial charge is 0.330 e. The molecule has 1 aliphatic rings. The van der Waals surface area contributed by atoms with Crippen LogP contribution < -0.4 is 14.2 Å². The van der Waals surface area contributed by atoms with Crippen molar-refractivity contribution >= 4 is 11.9 Å². The Bertz CT molecular complexity index is 1050. The van der Waals surface area contributed by atoms with Gasteiger partial charge >= 0.3 is 5.97 Å². The molecule has 7 nitrogen and oxygen atoms in total. The SMILES string of the molecule is COc1cc(CC[C@H](c2ccccc2)C2(C(=O)O)CCCCN2C(=O)CC(C)(C)C)cc(OC)c1OC. The maximum Gasteiger partial charge on any atom is 0.330 e. The van der Waals surface area contributed by atoms with Crippen molar-refractivity contribution in [2.24, 2.45) is 5.41 Å². The zero-order chi connectivity index (χ0) is 27.2. The van der Waals surface area contributed by atoms with E-state index in [4.69, 9.17) is 14.2 Å². The maximum absolute atomic E-state index is 13.6. The van der Waals surface area contributed by atoms with E-state index in [1.807, 2.05) is 63.2 Å². The Kier molecular flexibility index (Phi) is 9.11. The molecule has 2 aromatic rings. The normalized spacial score (nSPS) is 18.7. The number of carboxylic acids is 1. The maximum atomic E-state index is 13.6. The van der Waals surface area contributed by atoms with Crippen molar-refractivity contribution in [3.8, 4) is 17.2 Å². The lowest BCUT2D eigenvalue weighted by Crippen LogP contribution is -2.63. The van der Waals surface area contributed by atoms with Gasteiger partial charge in [0.05, 0.1) is 21.3 Å². The van der Waals surface area contributed by atoms with Crippen LogP contribution in [0.3, 0.4) is 0 Å². The molecule has 2 aromatic carbocycles. The molecule has 1 amide bonds. The van der Waals surface area contributed by atoms with Gasteiger partial charge in [-0.05, 0) is 60.8 Å². The number of hydrogen-bond acceptors (Lipinski definition) is 5. The molecule has 0 bridgehead atoms. The summed E-state index contributed by atoms with van der Waals surface area (Å²) in [6, 6.07) is 13.6. The van der Waals surface area contributed by atoms with E-state index in [9.17, 15) is 14.7 Å². The minimum absolute atomic E-state index is 0.0942. The summed E-state index contributed by atoms with van der Waals surface area (Å²) in [6.45, 7) is 6.48. The fourth-order valence-electron chi connectivity index (χ4n) is 5.59. The molecule has 1 N–H and O–H groups in total. The van der Waals surface area contributed by atoms with Crippen molar-refractivity contribution in [2.75, 3.05) is 27.9 Å². The molecule has 0 radical (unpaired) electrons. The van der Waals surface area contributed by atoms with Crippen LogP contribution in [0, 0.1) is 5.41 Å². The summed E-state index contributed by atoms with van der Waals surface area (Å²) in [5.41, 5.74) is 0.312. The van der Waals surface area contributed by atoms with E-state index in [1.165, 1.54) is 0 Å². The summed E-state index contributed by atoms with van der Waals surface area (Å²) in [6.07, 6.45) is 3.41. The van der Waals surface area contributed by atoms with Crippen molar-refractivity contribution in [3.05, 3.63) is 53.6 Å². The second kappa shape index (κ2) is 11.9. The van der Waals surface area contributed by atoms with Crippen LogP contribution in [0.25, 0.3) is 0 Å². The Morgan fingerprint density at radius 3 is 2.14 bits per heavy atom. The highest BCUT2D eigenvalue weighted by Gasteiger charge is 2.53. The molecule has 3 rings (SSSR count). The molecular formula is C30H41NO6. The average molecular weight is 512 g/mol. The first-order valence-electron chi connectivity index (χ1n) is 12.9. The van der Waals surface area contributed by atoms with Crippen LogP contribution in [-0.4, -0.2) is 55.3 Å². The molecule has 0 spiro atoms. The Hall–Kier alpha value is -3.22. The lowest BCUT2D eigenvalue weighted by molar-refractivity contribution is -0.166. The van der Waals surface area contributed by atoms with Gasteiger partial charge in [0, 0.05) is 18.9 Å². The van der Waals surface area contributed by atoms with Gasteiger partial charge in [0.1, 0.15) is 5.54 Å². The number of piperidine rings is 1. The molecule has 1 fully saturated rings. The van der Waals surface area contributed by atoms with Gasteiger partial charge in [-0.25, -0.2) is 4.79 Å². The molecule has 1 heterocycles. The van der Waals surface area contributed by atoms with Crippen LogP contribution in [0.15, 0.2) is 42.5 Å². The van der Waals surface area contributed by atoms with Crippen molar-refractivity contribution in [1.29, 1.82) is 0 Å². The first-order chi connectivity index (χ1) is 17.6. The van der Waals surface area contributed by atoms with E-state index in [1.54, 1.807) is 26.2 Å². The van der Waals surface area contributed by atoms with Gasteiger partial charge < -0.3 is 24.2 Å². The fourth-order valence-corrected chi connectivity index (χ4v) is 5.59. The summed E-state index contributed by atoms with van der Waals surface area (Å²) >= 11 is 0. The highest BCUT2D eigenvalue weighted by atomic mass is 16.5. The van der Waals surface area contributed by atoms with Gasteiger partial charge in [-0.1, -0.05) is 51.1 Å². The molecule has 1 unspecified atom stereocenters. The average Bonchev–Trinajstić information content (AvgIpc) is 2.87. The number of carbonyl (C=O) groups excluding carboxylic acids is 1. The first kappa shape index (κ1) is 28.4. The predicted octanol–water partition coefficient (Wildman–Crippen LogP) is 5.70. The number of benzene rings is 2. The monoisotopic (exact) mass is 511 g/mol. The Balaban J connectivity index is 2.07. The minimum atomic E-state index is -1.32. The number of hydrogen-bond donors (Lipinski definition) is 1. The second-order valence-electron chi connectivity index (χ2n) is 11.0. The van der Waals surface area contributed by atoms with Crippen LogP contribution in [0.2, 0.25) is 0 Å². The highest BCUT2D eigenvalue weighted by molar-refractivity contribution is 5.88. The number of carbonyl (C=O) groups is 2. The number of methoxy groups -OCH3 is 3. The number of ether oxygens (including phenoxy) is 3. The Morgan fingerprint density at radius 1 is 1.00 bits per heavy atom. The van der Waals surface area contributed by atoms with Crippen LogP contribution in [0.4, 0.5) is 0 Å². The molecule has 202 valence electrons. The van der Waals surface area contributed by atoms with Crippen molar-refractivity contribution in [3.63, 3.8) is 0 Å². The summed E-state index contributed by atoms with van der Waals surface area (Å²) in [7, 11) is 4.72. The second-order valence-corrected chi connectivity index (χ2v) is 11.0. The lowest BCUT2D eigenvalue weighted by atomic mass is 9.70. The lowest BCUT2D eigenvalue weighted by Gasteiger charge is -2.49. The molecule has 7 heteroatoms. The van der Waals surface area contributed by atoms with Crippen molar-refractivity contribution in [2.45, 2.75) is 70.8 Å². The van der Waals surface area contributed by atoms with Gasteiger partial charge in [-0.2, -0.15) is 0 Å². The number of likely N-dealkylation sites (tertiary alicyclic amines) is 1. The van der Waals surface area contributed by atoms with E-state index in [2.05, 4.69) is 0 Å². The zero-order valence-electron chi connectivity index (χ0n) is 23.0. The van der Waals surface area contributed by atoms with E-state index >= 15 is 0 Å². The number of amides is 1. The first-order valence-corrected chi connectivity index (χ1v) is 12.9. The van der Waals surface area contributed by atoms with E-state index in [0.717, 1.165) is 24.0 Å². The highest BCUT2D eigenvalue weighted by Crippen LogP contribution is 2.45. The number of aliphatic carboxylic acids is 1. The van der Waals surface area contributed by atoms with Gasteiger partial charge in [0.25, 0.3) is 0 Å².